The SMILES string of the molecule is COc1ccc2c(c1)N1C(CCC3CCCCC31)CN2. The molecule has 0 bridgehead atoms. The smallest absolute Gasteiger partial charge is 0.121 e. The van der Waals surface area contributed by atoms with Gasteiger partial charge in [-0.25, -0.2) is 0 Å². The van der Waals surface area contributed by atoms with E-state index in [0.29, 0.717) is 6.04 Å². The topological polar surface area (TPSA) is 24.5 Å². The first-order valence-electron chi connectivity index (χ1n) is 8.07. The lowest BCUT2D eigenvalue weighted by atomic mass is 9.75. The van der Waals surface area contributed by atoms with Gasteiger partial charge in [0, 0.05) is 24.7 Å². The Morgan fingerprint density at radius 3 is 2.95 bits per heavy atom. The molecule has 0 spiro atoms. The highest BCUT2D eigenvalue weighted by Gasteiger charge is 2.40. The van der Waals surface area contributed by atoms with Crippen molar-refractivity contribution in [1.82, 2.24) is 0 Å². The summed E-state index contributed by atoms with van der Waals surface area (Å²) in [5.74, 6) is 1.89. The van der Waals surface area contributed by atoms with Crippen LogP contribution in [0.1, 0.15) is 38.5 Å². The van der Waals surface area contributed by atoms with Gasteiger partial charge in [-0.3, -0.25) is 0 Å². The second-order valence-electron chi connectivity index (χ2n) is 6.51. The third-order valence-electron chi connectivity index (χ3n) is 5.50. The molecule has 2 aliphatic heterocycles. The van der Waals surface area contributed by atoms with Crippen LogP contribution in [-0.2, 0) is 0 Å². The van der Waals surface area contributed by atoms with Crippen LogP contribution in [0.15, 0.2) is 18.2 Å². The van der Waals surface area contributed by atoms with Crippen molar-refractivity contribution >= 4 is 11.4 Å². The zero-order valence-electron chi connectivity index (χ0n) is 12.3. The van der Waals surface area contributed by atoms with E-state index in [1.54, 1.807) is 7.11 Å². The second kappa shape index (κ2) is 4.87. The molecule has 3 atom stereocenters. The van der Waals surface area contributed by atoms with Crippen LogP contribution in [0.5, 0.6) is 5.75 Å². The fraction of sp³-hybridized carbons (Fsp3) is 0.647. The number of methoxy groups -OCH3 is 1. The fourth-order valence-electron chi connectivity index (χ4n) is 4.51. The molecule has 108 valence electrons. The quantitative estimate of drug-likeness (QED) is 0.844. The first kappa shape index (κ1) is 12.4. The minimum absolute atomic E-state index is 0.675. The highest BCUT2D eigenvalue weighted by atomic mass is 16.5. The van der Waals surface area contributed by atoms with Crippen LogP contribution in [0.3, 0.4) is 0 Å². The molecule has 1 saturated carbocycles. The number of benzene rings is 1. The molecule has 1 N–H and O–H groups in total. The van der Waals surface area contributed by atoms with Crippen molar-refractivity contribution in [2.45, 2.75) is 50.6 Å². The standard InChI is InChI=1S/C17H24N2O/c1-20-14-8-9-15-17(10-14)19-13(11-18-15)7-6-12-4-2-3-5-16(12)19/h8-10,12-13,16,18H,2-7,11H2,1H3. The number of anilines is 2. The molecule has 0 radical (unpaired) electrons. The van der Waals surface area contributed by atoms with Crippen molar-refractivity contribution in [1.29, 1.82) is 0 Å². The number of nitrogens with zero attached hydrogens (tertiary/aromatic N) is 1. The Kier molecular flexibility index (Phi) is 3.01. The lowest BCUT2D eigenvalue weighted by molar-refractivity contribution is 0.215. The van der Waals surface area contributed by atoms with Crippen LogP contribution in [-0.4, -0.2) is 25.7 Å². The summed E-state index contributed by atoms with van der Waals surface area (Å²) in [6, 6.07) is 7.90. The summed E-state index contributed by atoms with van der Waals surface area (Å²) < 4.78 is 5.44. The van der Waals surface area contributed by atoms with E-state index in [1.807, 2.05) is 0 Å². The molecule has 3 nitrogen and oxygen atoms in total. The van der Waals surface area contributed by atoms with E-state index < -0.39 is 0 Å². The molecule has 1 saturated heterocycles. The van der Waals surface area contributed by atoms with E-state index in [4.69, 9.17) is 4.74 Å². The third kappa shape index (κ3) is 1.87. The highest BCUT2D eigenvalue weighted by Crippen LogP contribution is 2.45. The molecule has 3 heteroatoms. The molecule has 3 unspecified atom stereocenters. The van der Waals surface area contributed by atoms with Crippen LogP contribution in [0.2, 0.25) is 0 Å². The largest absolute Gasteiger partial charge is 0.497 e. The Morgan fingerprint density at radius 2 is 2.05 bits per heavy atom. The van der Waals surface area contributed by atoms with Gasteiger partial charge >= 0.3 is 0 Å². The van der Waals surface area contributed by atoms with Gasteiger partial charge in [0.2, 0.25) is 0 Å². The molecule has 3 aliphatic rings. The zero-order chi connectivity index (χ0) is 13.5. The molecule has 4 rings (SSSR count). The predicted octanol–water partition coefficient (Wildman–Crippen LogP) is 3.65. The Bertz CT molecular complexity index is 502. The van der Waals surface area contributed by atoms with E-state index in [-0.39, 0.29) is 0 Å². The zero-order valence-corrected chi connectivity index (χ0v) is 12.3. The van der Waals surface area contributed by atoms with Crippen molar-refractivity contribution in [3.8, 4) is 5.75 Å². The van der Waals surface area contributed by atoms with Gasteiger partial charge in [0.25, 0.3) is 0 Å². The number of ether oxygens (including phenoxy) is 1. The minimum Gasteiger partial charge on any atom is -0.497 e. The predicted molar refractivity (Wildman–Crippen MR) is 82.7 cm³/mol. The van der Waals surface area contributed by atoms with Crippen molar-refractivity contribution in [3.05, 3.63) is 18.2 Å². The van der Waals surface area contributed by atoms with Gasteiger partial charge in [0.05, 0.1) is 18.5 Å². The first-order chi connectivity index (χ1) is 9.86. The fourth-order valence-corrected chi connectivity index (χ4v) is 4.51. The maximum absolute atomic E-state index is 5.44. The van der Waals surface area contributed by atoms with Crippen molar-refractivity contribution in [2.75, 3.05) is 23.9 Å². The number of rotatable bonds is 1. The minimum atomic E-state index is 0.675. The van der Waals surface area contributed by atoms with Crippen molar-refractivity contribution < 1.29 is 4.74 Å². The average Bonchev–Trinajstić information content (AvgIpc) is 2.53. The Balaban J connectivity index is 1.74. The Labute approximate surface area is 121 Å². The van der Waals surface area contributed by atoms with Crippen LogP contribution in [0, 0.1) is 5.92 Å². The van der Waals surface area contributed by atoms with Crippen LogP contribution >= 0.6 is 0 Å². The lowest BCUT2D eigenvalue weighted by Gasteiger charge is -2.52. The number of nitrogens with one attached hydrogen (secondary N) is 1. The maximum Gasteiger partial charge on any atom is 0.121 e. The van der Waals surface area contributed by atoms with Gasteiger partial charge in [-0.15, -0.1) is 0 Å². The molecular weight excluding hydrogens is 248 g/mol. The normalized spacial score (nSPS) is 31.6. The molecule has 1 aromatic carbocycles. The summed E-state index contributed by atoms with van der Waals surface area (Å²) >= 11 is 0. The highest BCUT2D eigenvalue weighted by molar-refractivity contribution is 5.75. The van der Waals surface area contributed by atoms with Crippen LogP contribution in [0.25, 0.3) is 0 Å². The number of piperidine rings is 1. The summed E-state index contributed by atoms with van der Waals surface area (Å²) in [6.45, 7) is 1.10. The maximum atomic E-state index is 5.44. The van der Waals surface area contributed by atoms with Gasteiger partial charge in [-0.1, -0.05) is 12.8 Å². The monoisotopic (exact) mass is 272 g/mol. The first-order valence-corrected chi connectivity index (χ1v) is 8.07. The van der Waals surface area contributed by atoms with Crippen molar-refractivity contribution in [2.24, 2.45) is 5.92 Å². The van der Waals surface area contributed by atoms with Crippen LogP contribution in [0.4, 0.5) is 11.4 Å². The van der Waals surface area contributed by atoms with Gasteiger partial charge in [0.15, 0.2) is 0 Å². The van der Waals surface area contributed by atoms with E-state index >= 15 is 0 Å². The number of hydrogen-bond donors (Lipinski definition) is 1. The molecule has 0 amide bonds. The van der Waals surface area contributed by atoms with E-state index in [0.717, 1.165) is 24.3 Å². The third-order valence-corrected chi connectivity index (χ3v) is 5.50. The number of hydrogen-bond acceptors (Lipinski definition) is 3. The van der Waals surface area contributed by atoms with Gasteiger partial charge in [-0.05, 0) is 43.7 Å². The molecular formula is C17H24N2O. The molecule has 2 heterocycles. The molecule has 2 fully saturated rings. The summed E-state index contributed by atoms with van der Waals surface area (Å²) in [6.07, 6.45) is 8.40. The van der Waals surface area contributed by atoms with E-state index in [9.17, 15) is 0 Å². The Hall–Kier alpha value is -1.38. The van der Waals surface area contributed by atoms with Gasteiger partial charge in [0.1, 0.15) is 5.75 Å². The summed E-state index contributed by atoms with van der Waals surface area (Å²) in [5.41, 5.74) is 2.66. The molecule has 1 aliphatic carbocycles. The lowest BCUT2D eigenvalue weighted by Crippen LogP contribution is -2.56. The summed E-state index contributed by atoms with van der Waals surface area (Å²) in [7, 11) is 1.76. The van der Waals surface area contributed by atoms with Crippen LogP contribution < -0.4 is 15.0 Å². The molecule has 0 aromatic heterocycles. The summed E-state index contributed by atoms with van der Waals surface area (Å²) in [5, 5.41) is 3.61. The Morgan fingerprint density at radius 1 is 1.15 bits per heavy atom. The van der Waals surface area contributed by atoms with E-state index in [1.165, 1.54) is 49.9 Å². The second-order valence-corrected chi connectivity index (χ2v) is 6.51. The van der Waals surface area contributed by atoms with Gasteiger partial charge < -0.3 is 15.0 Å². The number of fused-ring (bicyclic) bond motifs is 5. The molecule has 20 heavy (non-hydrogen) atoms. The summed E-state index contributed by atoms with van der Waals surface area (Å²) in [4.78, 5) is 2.74. The average molecular weight is 272 g/mol. The van der Waals surface area contributed by atoms with E-state index in [2.05, 4.69) is 28.4 Å². The molecule has 1 aromatic rings. The van der Waals surface area contributed by atoms with Gasteiger partial charge in [-0.2, -0.15) is 0 Å². The van der Waals surface area contributed by atoms with Crippen molar-refractivity contribution in [3.63, 3.8) is 0 Å².